The van der Waals surface area contributed by atoms with Gasteiger partial charge in [0.25, 0.3) is 4.06 Å². The molecule has 0 amide bonds. The summed E-state index contributed by atoms with van der Waals surface area (Å²) in [7, 11) is -3.55. The Hall–Kier alpha value is -1.57. The van der Waals surface area contributed by atoms with Gasteiger partial charge < -0.3 is 0 Å². The highest BCUT2D eigenvalue weighted by molar-refractivity contribution is 7.90. The zero-order valence-electron chi connectivity index (χ0n) is 11.5. The minimum absolute atomic E-state index is 0.0533. The molecule has 114 valence electrons. The molecule has 0 aliphatic carbocycles. The molecule has 2 aromatic carbocycles. The summed E-state index contributed by atoms with van der Waals surface area (Å²) in [5.41, 5.74) is 1.14. The van der Waals surface area contributed by atoms with Crippen LogP contribution in [-0.2, 0) is 15.6 Å². The molecule has 1 heterocycles. The molecule has 1 aromatic heterocycles. The first kappa shape index (κ1) is 15.3. The van der Waals surface area contributed by atoms with Crippen molar-refractivity contribution in [1.29, 1.82) is 0 Å². The molecule has 0 radical (unpaired) electrons. The van der Waals surface area contributed by atoms with Crippen LogP contribution >= 0.6 is 22.7 Å². The van der Waals surface area contributed by atoms with Crippen molar-refractivity contribution in [3.05, 3.63) is 62.2 Å². The normalized spacial score (nSPS) is 11.9. The van der Waals surface area contributed by atoms with E-state index in [1.165, 1.54) is 24.3 Å². The Balaban J connectivity index is 2.06. The van der Waals surface area contributed by atoms with E-state index in [-0.39, 0.29) is 14.7 Å². The molecule has 0 atom stereocenters. The van der Waals surface area contributed by atoms with Crippen molar-refractivity contribution in [3.8, 4) is 0 Å². The predicted molar refractivity (Wildman–Crippen MR) is 88.0 cm³/mol. The van der Waals surface area contributed by atoms with Crippen molar-refractivity contribution in [1.82, 2.24) is 0 Å². The second-order valence-corrected chi connectivity index (χ2v) is 9.15. The first-order valence-electron chi connectivity index (χ1n) is 6.37. The molecule has 0 bridgehead atoms. The SMILES string of the molecule is Cc1cc2sc(=O)sc2cc1S(=O)(=O)Cc1ccc(F)cc1. The van der Waals surface area contributed by atoms with E-state index in [0.717, 1.165) is 27.4 Å². The number of fused-ring (bicyclic) bond motifs is 1. The van der Waals surface area contributed by atoms with E-state index in [2.05, 4.69) is 0 Å². The zero-order valence-corrected chi connectivity index (χ0v) is 13.9. The van der Waals surface area contributed by atoms with Crippen LogP contribution in [0.4, 0.5) is 4.39 Å². The maximum atomic E-state index is 12.9. The van der Waals surface area contributed by atoms with Crippen molar-refractivity contribution in [2.45, 2.75) is 17.6 Å². The maximum Gasteiger partial charge on any atom is 0.288 e. The lowest BCUT2D eigenvalue weighted by molar-refractivity contribution is 0.594. The summed E-state index contributed by atoms with van der Waals surface area (Å²) in [6.07, 6.45) is 0. The van der Waals surface area contributed by atoms with Crippen LogP contribution in [0.5, 0.6) is 0 Å². The first-order valence-corrected chi connectivity index (χ1v) is 9.65. The number of hydrogen-bond acceptors (Lipinski definition) is 5. The molecule has 7 heteroatoms. The van der Waals surface area contributed by atoms with Crippen molar-refractivity contribution in [2.75, 3.05) is 0 Å². The van der Waals surface area contributed by atoms with Crippen molar-refractivity contribution < 1.29 is 12.8 Å². The Labute approximate surface area is 134 Å². The number of hydrogen-bond donors (Lipinski definition) is 0. The highest BCUT2D eigenvalue weighted by Crippen LogP contribution is 2.29. The molecule has 0 spiro atoms. The number of sulfone groups is 1. The molecule has 3 aromatic rings. The van der Waals surface area contributed by atoms with Crippen LogP contribution < -0.4 is 4.06 Å². The fourth-order valence-corrected chi connectivity index (χ4v) is 5.97. The average molecular weight is 354 g/mol. The van der Waals surface area contributed by atoms with Gasteiger partial charge in [-0.2, -0.15) is 0 Å². The van der Waals surface area contributed by atoms with Gasteiger partial charge in [0.2, 0.25) is 0 Å². The third-order valence-electron chi connectivity index (χ3n) is 3.23. The zero-order chi connectivity index (χ0) is 15.9. The average Bonchev–Trinajstić information content (AvgIpc) is 2.79. The third-order valence-corrected chi connectivity index (χ3v) is 7.13. The summed E-state index contributed by atoms with van der Waals surface area (Å²) in [5, 5.41) is 0. The predicted octanol–water partition coefficient (Wildman–Crippen LogP) is 3.74. The molecule has 0 fully saturated rings. The number of benzene rings is 2. The molecule has 3 nitrogen and oxygen atoms in total. The highest BCUT2D eigenvalue weighted by atomic mass is 32.2. The fourth-order valence-electron chi connectivity index (χ4n) is 2.22. The Morgan fingerprint density at radius 1 is 1.05 bits per heavy atom. The van der Waals surface area contributed by atoms with Crippen LogP contribution in [0, 0.1) is 12.7 Å². The fraction of sp³-hybridized carbons (Fsp3) is 0.133. The summed E-state index contributed by atoms with van der Waals surface area (Å²) in [4.78, 5) is 11.7. The van der Waals surface area contributed by atoms with Gasteiger partial charge in [-0.15, -0.1) is 0 Å². The second kappa shape index (κ2) is 5.57. The first-order chi connectivity index (χ1) is 10.3. The Morgan fingerprint density at radius 2 is 1.64 bits per heavy atom. The van der Waals surface area contributed by atoms with Gasteiger partial charge in [-0.05, 0) is 42.3 Å². The quantitative estimate of drug-likeness (QED) is 0.720. The Kier molecular flexibility index (Phi) is 3.88. The lowest BCUT2D eigenvalue weighted by Gasteiger charge is -2.08. The van der Waals surface area contributed by atoms with E-state index in [1.807, 2.05) is 0 Å². The third kappa shape index (κ3) is 2.97. The van der Waals surface area contributed by atoms with Crippen LogP contribution in [0.25, 0.3) is 9.40 Å². The van der Waals surface area contributed by atoms with E-state index < -0.39 is 15.7 Å². The molecule has 0 saturated heterocycles. The Morgan fingerprint density at radius 3 is 2.27 bits per heavy atom. The van der Waals surface area contributed by atoms with Crippen LogP contribution in [0.3, 0.4) is 0 Å². The molecule has 0 N–H and O–H groups in total. The topological polar surface area (TPSA) is 51.2 Å². The summed E-state index contributed by atoms with van der Waals surface area (Å²) < 4.78 is 39.5. The van der Waals surface area contributed by atoms with E-state index >= 15 is 0 Å². The monoisotopic (exact) mass is 354 g/mol. The van der Waals surface area contributed by atoms with E-state index in [9.17, 15) is 17.6 Å². The molecular weight excluding hydrogens is 343 g/mol. The van der Waals surface area contributed by atoms with Crippen molar-refractivity contribution in [3.63, 3.8) is 0 Å². The maximum absolute atomic E-state index is 12.9. The molecule has 0 aliphatic heterocycles. The van der Waals surface area contributed by atoms with Crippen molar-refractivity contribution in [2.24, 2.45) is 0 Å². The number of aryl methyl sites for hydroxylation is 1. The van der Waals surface area contributed by atoms with Crippen LogP contribution in [0.1, 0.15) is 11.1 Å². The number of halogens is 1. The molecule has 0 aliphatic rings. The van der Waals surface area contributed by atoms with Crippen LogP contribution in [0.2, 0.25) is 0 Å². The number of rotatable bonds is 3. The highest BCUT2D eigenvalue weighted by Gasteiger charge is 2.19. The minimum Gasteiger partial charge on any atom is -0.265 e. The molecule has 0 unspecified atom stereocenters. The van der Waals surface area contributed by atoms with Gasteiger partial charge in [-0.3, -0.25) is 4.79 Å². The van der Waals surface area contributed by atoms with Gasteiger partial charge in [-0.1, -0.05) is 34.8 Å². The van der Waals surface area contributed by atoms with Gasteiger partial charge in [0.1, 0.15) is 5.82 Å². The van der Waals surface area contributed by atoms with Gasteiger partial charge in [0, 0.05) is 4.70 Å². The standard InChI is InChI=1S/C15H11FO3S3/c1-9-6-12-13(21-15(17)20-12)7-14(9)22(18,19)8-10-2-4-11(16)5-3-10/h2-7H,8H2,1H3. The second-order valence-electron chi connectivity index (χ2n) is 4.90. The summed E-state index contributed by atoms with van der Waals surface area (Å²) >= 11 is 2.17. The van der Waals surface area contributed by atoms with Crippen LogP contribution in [0.15, 0.2) is 46.1 Å². The smallest absolute Gasteiger partial charge is 0.265 e. The van der Waals surface area contributed by atoms with Gasteiger partial charge >= 0.3 is 0 Å². The van der Waals surface area contributed by atoms with E-state index in [1.54, 1.807) is 19.1 Å². The van der Waals surface area contributed by atoms with E-state index in [0.29, 0.717) is 15.8 Å². The molecular formula is C15H11FO3S3. The minimum atomic E-state index is -3.55. The van der Waals surface area contributed by atoms with Crippen LogP contribution in [-0.4, -0.2) is 8.42 Å². The molecule has 3 rings (SSSR count). The van der Waals surface area contributed by atoms with Gasteiger partial charge in [-0.25, -0.2) is 12.8 Å². The Bertz CT molecular complexity index is 999. The van der Waals surface area contributed by atoms with Crippen molar-refractivity contribution >= 4 is 41.9 Å². The lowest BCUT2D eigenvalue weighted by atomic mass is 10.2. The summed E-state index contributed by atoms with van der Waals surface area (Å²) in [6.45, 7) is 1.71. The largest absolute Gasteiger partial charge is 0.288 e. The summed E-state index contributed by atoms with van der Waals surface area (Å²) in [5.74, 6) is -0.597. The molecule has 0 saturated carbocycles. The molecule has 22 heavy (non-hydrogen) atoms. The van der Waals surface area contributed by atoms with Gasteiger partial charge in [0.15, 0.2) is 9.84 Å². The van der Waals surface area contributed by atoms with E-state index in [4.69, 9.17) is 0 Å². The summed E-state index contributed by atoms with van der Waals surface area (Å²) in [6, 6.07) is 8.70. The lowest BCUT2D eigenvalue weighted by Crippen LogP contribution is -2.06. The van der Waals surface area contributed by atoms with Gasteiger partial charge in [0.05, 0.1) is 15.3 Å².